The molecule has 7 nitrogen and oxygen atoms in total. The lowest BCUT2D eigenvalue weighted by Crippen LogP contribution is -2.58. The Morgan fingerprint density at radius 1 is 1.18 bits per heavy atom. The number of benzene rings is 1. The minimum Gasteiger partial charge on any atom is -0.469 e. The lowest BCUT2D eigenvalue weighted by atomic mass is 9.66. The number of methoxy groups -OCH3 is 2. The zero-order chi connectivity index (χ0) is 19.5. The van der Waals surface area contributed by atoms with E-state index in [1.807, 2.05) is 30.4 Å². The molecule has 7 heteroatoms. The third-order valence-electron chi connectivity index (χ3n) is 6.64. The monoisotopic (exact) mass is 385 g/mol. The van der Waals surface area contributed by atoms with Gasteiger partial charge in [-0.25, -0.2) is 0 Å². The van der Waals surface area contributed by atoms with Crippen LogP contribution < -0.4 is 5.32 Å². The summed E-state index contributed by atoms with van der Waals surface area (Å²) in [5.41, 5.74) is 1.10. The Labute approximate surface area is 163 Å². The van der Waals surface area contributed by atoms with Crippen molar-refractivity contribution in [1.82, 2.24) is 0 Å². The van der Waals surface area contributed by atoms with E-state index in [2.05, 4.69) is 11.4 Å². The summed E-state index contributed by atoms with van der Waals surface area (Å²) in [6.45, 7) is 0.647. The zero-order valence-corrected chi connectivity index (χ0v) is 15.8. The third-order valence-corrected chi connectivity index (χ3v) is 6.64. The number of nitrogens with one attached hydrogen (secondary N) is 1. The van der Waals surface area contributed by atoms with Crippen molar-refractivity contribution in [2.24, 2.45) is 17.8 Å². The van der Waals surface area contributed by atoms with Gasteiger partial charge in [0, 0.05) is 23.8 Å². The number of para-hydroxylation sites is 1. The van der Waals surface area contributed by atoms with Gasteiger partial charge in [0.05, 0.1) is 32.5 Å². The Hall–Kier alpha value is -2.38. The van der Waals surface area contributed by atoms with Crippen molar-refractivity contribution in [1.29, 1.82) is 0 Å². The van der Waals surface area contributed by atoms with Crippen LogP contribution in [-0.4, -0.2) is 50.5 Å². The predicted molar refractivity (Wildman–Crippen MR) is 98.4 cm³/mol. The van der Waals surface area contributed by atoms with E-state index in [4.69, 9.17) is 18.9 Å². The van der Waals surface area contributed by atoms with Crippen molar-refractivity contribution >= 4 is 17.6 Å². The minimum atomic E-state index is -0.985. The van der Waals surface area contributed by atoms with Crippen LogP contribution in [0.1, 0.15) is 18.1 Å². The molecule has 148 valence electrons. The van der Waals surface area contributed by atoms with E-state index in [0.717, 1.165) is 17.7 Å². The molecule has 2 fully saturated rings. The first-order valence-electron chi connectivity index (χ1n) is 9.60. The topological polar surface area (TPSA) is 83.1 Å². The number of hydrogen-bond donors (Lipinski definition) is 1. The van der Waals surface area contributed by atoms with E-state index in [1.54, 1.807) is 0 Å². The number of carbonyl (C=O) groups excluding carboxylic acids is 2. The first kappa shape index (κ1) is 17.7. The first-order valence-corrected chi connectivity index (χ1v) is 9.60. The molecule has 7 atom stereocenters. The maximum absolute atomic E-state index is 12.8. The first-order chi connectivity index (χ1) is 13.6. The van der Waals surface area contributed by atoms with Crippen molar-refractivity contribution in [3.05, 3.63) is 42.0 Å². The summed E-state index contributed by atoms with van der Waals surface area (Å²) in [6, 6.07) is 7.81. The van der Waals surface area contributed by atoms with Gasteiger partial charge in [0.2, 0.25) is 0 Å². The molecule has 0 spiro atoms. The molecule has 0 amide bonds. The van der Waals surface area contributed by atoms with Gasteiger partial charge in [-0.2, -0.15) is 0 Å². The van der Waals surface area contributed by atoms with Crippen molar-refractivity contribution in [3.8, 4) is 0 Å². The Kier molecular flexibility index (Phi) is 4.00. The smallest absolute Gasteiger partial charge is 0.313 e. The van der Waals surface area contributed by atoms with Crippen LogP contribution in [0.4, 0.5) is 5.69 Å². The fourth-order valence-corrected chi connectivity index (χ4v) is 5.50. The molecular weight excluding hydrogens is 362 g/mol. The molecule has 5 rings (SSSR count). The van der Waals surface area contributed by atoms with Crippen LogP contribution in [0.25, 0.3) is 0 Å². The number of rotatable bonds is 3. The summed E-state index contributed by atoms with van der Waals surface area (Å²) < 4.78 is 22.5. The number of esters is 2. The molecule has 1 N–H and O–H groups in total. The zero-order valence-electron chi connectivity index (χ0n) is 15.8. The van der Waals surface area contributed by atoms with E-state index in [9.17, 15) is 9.59 Å². The lowest BCUT2D eigenvalue weighted by molar-refractivity contribution is -0.159. The second kappa shape index (κ2) is 6.32. The van der Waals surface area contributed by atoms with Crippen LogP contribution in [0.5, 0.6) is 0 Å². The van der Waals surface area contributed by atoms with Crippen molar-refractivity contribution < 1.29 is 28.5 Å². The number of anilines is 1. The van der Waals surface area contributed by atoms with E-state index in [0.29, 0.717) is 6.61 Å². The Bertz CT molecular complexity index is 853. The van der Waals surface area contributed by atoms with E-state index < -0.39 is 35.5 Å². The number of ether oxygens (including phenoxy) is 4. The fraction of sp³-hybridized carbons (Fsp3) is 0.524. The van der Waals surface area contributed by atoms with Crippen LogP contribution in [-0.2, 0) is 28.5 Å². The molecular formula is C21H23NO6. The van der Waals surface area contributed by atoms with E-state index in [1.165, 1.54) is 14.2 Å². The van der Waals surface area contributed by atoms with E-state index >= 15 is 0 Å². The molecule has 1 aromatic rings. The lowest BCUT2D eigenvalue weighted by Gasteiger charge is -2.45. The SMILES string of the molecule is COC(=O)[C@H]1[C@@H]2C=C[C@]([C@@H]3Nc4ccccc4[C@H]4OCC[C@H]43)(O2)[C@H]1C(=O)OC. The second-order valence-corrected chi connectivity index (χ2v) is 7.80. The number of carbonyl (C=O) groups is 2. The molecule has 0 saturated carbocycles. The molecule has 4 aliphatic rings. The van der Waals surface area contributed by atoms with Gasteiger partial charge in [0.1, 0.15) is 17.4 Å². The van der Waals surface area contributed by atoms with Crippen LogP contribution in [0.2, 0.25) is 0 Å². The molecule has 4 aliphatic heterocycles. The van der Waals surface area contributed by atoms with Gasteiger partial charge in [-0.3, -0.25) is 9.59 Å². The number of fused-ring (bicyclic) bond motifs is 5. The summed E-state index contributed by atoms with van der Waals surface area (Å²) in [7, 11) is 2.67. The van der Waals surface area contributed by atoms with Crippen molar-refractivity contribution in [2.45, 2.75) is 30.3 Å². The normalized spacial score (nSPS) is 39.8. The molecule has 0 radical (unpaired) electrons. The minimum absolute atomic E-state index is 0.0663. The summed E-state index contributed by atoms with van der Waals surface area (Å²) in [5.74, 6) is -2.30. The second-order valence-electron chi connectivity index (χ2n) is 7.80. The molecule has 2 saturated heterocycles. The summed E-state index contributed by atoms with van der Waals surface area (Å²) in [6.07, 6.45) is 4.07. The highest BCUT2D eigenvalue weighted by molar-refractivity contribution is 5.86. The molecule has 2 bridgehead atoms. The highest BCUT2D eigenvalue weighted by atomic mass is 16.6. The Morgan fingerprint density at radius 3 is 2.75 bits per heavy atom. The average Bonchev–Trinajstić information content (AvgIpc) is 3.45. The maximum Gasteiger partial charge on any atom is 0.313 e. The van der Waals surface area contributed by atoms with Crippen LogP contribution in [0, 0.1) is 17.8 Å². The van der Waals surface area contributed by atoms with Gasteiger partial charge in [-0.15, -0.1) is 0 Å². The summed E-state index contributed by atoms with van der Waals surface area (Å²) in [5, 5.41) is 3.60. The standard InChI is InChI=1S/C21H23NO6/c1-25-19(23)15-14-7-9-21(28-14,16(15)20(24)26-2)18-12-8-10-27-17(12)11-5-3-4-6-13(11)22-18/h3-7,9,12,14-18,22H,8,10H2,1-2H3/t12-,14+,15+,16-,17-,18-,21+/m1/s1. The Morgan fingerprint density at radius 2 is 1.96 bits per heavy atom. The molecule has 0 aliphatic carbocycles. The fourth-order valence-electron chi connectivity index (χ4n) is 5.50. The Balaban J connectivity index is 1.60. The van der Waals surface area contributed by atoms with Crippen LogP contribution in [0.15, 0.2) is 36.4 Å². The van der Waals surface area contributed by atoms with Gasteiger partial charge in [0.15, 0.2) is 0 Å². The quantitative estimate of drug-likeness (QED) is 0.628. The summed E-state index contributed by atoms with van der Waals surface area (Å²) in [4.78, 5) is 25.3. The largest absolute Gasteiger partial charge is 0.469 e. The van der Waals surface area contributed by atoms with Gasteiger partial charge in [-0.05, 0) is 12.5 Å². The average molecular weight is 385 g/mol. The third kappa shape index (κ3) is 2.23. The summed E-state index contributed by atoms with van der Waals surface area (Å²) >= 11 is 0. The highest BCUT2D eigenvalue weighted by Gasteiger charge is 2.68. The molecule has 1 aromatic carbocycles. The van der Waals surface area contributed by atoms with Gasteiger partial charge in [0.25, 0.3) is 0 Å². The van der Waals surface area contributed by atoms with Crippen molar-refractivity contribution in [3.63, 3.8) is 0 Å². The van der Waals surface area contributed by atoms with Crippen LogP contribution >= 0.6 is 0 Å². The van der Waals surface area contributed by atoms with Crippen LogP contribution in [0.3, 0.4) is 0 Å². The molecule has 4 heterocycles. The van der Waals surface area contributed by atoms with Gasteiger partial charge >= 0.3 is 11.9 Å². The van der Waals surface area contributed by atoms with Gasteiger partial charge < -0.3 is 24.3 Å². The van der Waals surface area contributed by atoms with Crippen molar-refractivity contribution in [2.75, 3.05) is 26.1 Å². The van der Waals surface area contributed by atoms with Gasteiger partial charge in [-0.1, -0.05) is 30.4 Å². The van der Waals surface area contributed by atoms with E-state index in [-0.39, 0.29) is 18.1 Å². The molecule has 28 heavy (non-hydrogen) atoms. The number of hydrogen-bond acceptors (Lipinski definition) is 7. The maximum atomic E-state index is 12.8. The molecule has 0 unspecified atom stereocenters. The predicted octanol–water partition coefficient (Wildman–Crippen LogP) is 1.84. The molecule has 0 aromatic heterocycles. The highest BCUT2D eigenvalue weighted by Crippen LogP contribution is 2.56.